The SMILES string of the molecule is Cc1nccc(-c2nccc(C#Cc3ccc4[nH]ncc4c3)n2)n1. The minimum atomic E-state index is 0.539. The van der Waals surface area contributed by atoms with Gasteiger partial charge < -0.3 is 0 Å². The molecule has 0 bridgehead atoms. The van der Waals surface area contributed by atoms with Crippen LogP contribution in [0.25, 0.3) is 22.4 Å². The quantitative estimate of drug-likeness (QED) is 0.546. The van der Waals surface area contributed by atoms with Crippen LogP contribution in [0.2, 0.25) is 0 Å². The topological polar surface area (TPSA) is 80.2 Å². The number of aromatic amines is 1. The fraction of sp³-hybridized carbons (Fsp3) is 0.0556. The Bertz CT molecular complexity index is 1090. The van der Waals surface area contributed by atoms with E-state index in [1.54, 1.807) is 30.7 Å². The van der Waals surface area contributed by atoms with E-state index < -0.39 is 0 Å². The molecular weight excluding hydrogens is 300 g/mol. The fourth-order valence-corrected chi connectivity index (χ4v) is 2.29. The maximum absolute atomic E-state index is 4.46. The zero-order valence-electron chi connectivity index (χ0n) is 12.9. The molecule has 0 saturated carbocycles. The summed E-state index contributed by atoms with van der Waals surface area (Å²) in [5.41, 5.74) is 3.22. The number of aryl methyl sites for hydroxylation is 1. The summed E-state index contributed by atoms with van der Waals surface area (Å²) in [5, 5.41) is 7.96. The molecule has 6 heteroatoms. The van der Waals surface area contributed by atoms with E-state index in [0.717, 1.165) is 16.5 Å². The van der Waals surface area contributed by atoms with E-state index in [1.807, 2.05) is 25.1 Å². The third-order valence-corrected chi connectivity index (χ3v) is 3.44. The largest absolute Gasteiger partial charge is 0.278 e. The van der Waals surface area contributed by atoms with Gasteiger partial charge in [-0.15, -0.1) is 0 Å². The third-order valence-electron chi connectivity index (χ3n) is 3.44. The normalized spacial score (nSPS) is 10.4. The molecule has 6 nitrogen and oxygen atoms in total. The second kappa shape index (κ2) is 5.89. The first-order valence-corrected chi connectivity index (χ1v) is 7.36. The highest BCUT2D eigenvalue weighted by molar-refractivity contribution is 5.79. The molecular formula is C18H12N6. The monoisotopic (exact) mass is 312 g/mol. The number of hydrogen-bond donors (Lipinski definition) is 1. The van der Waals surface area contributed by atoms with Crippen LogP contribution < -0.4 is 0 Å². The van der Waals surface area contributed by atoms with Crippen molar-refractivity contribution in [1.29, 1.82) is 0 Å². The molecule has 24 heavy (non-hydrogen) atoms. The predicted octanol–water partition coefficient (Wildman–Crippen LogP) is 2.52. The Morgan fingerprint density at radius 2 is 1.88 bits per heavy atom. The van der Waals surface area contributed by atoms with Gasteiger partial charge in [0.1, 0.15) is 17.2 Å². The predicted molar refractivity (Wildman–Crippen MR) is 89.9 cm³/mol. The molecule has 0 radical (unpaired) electrons. The highest BCUT2D eigenvalue weighted by atomic mass is 15.1. The van der Waals surface area contributed by atoms with Gasteiger partial charge in [-0.1, -0.05) is 5.92 Å². The average Bonchev–Trinajstić information content (AvgIpc) is 3.08. The first kappa shape index (κ1) is 14.0. The molecule has 3 heterocycles. The van der Waals surface area contributed by atoms with Gasteiger partial charge in [0.2, 0.25) is 0 Å². The van der Waals surface area contributed by atoms with Gasteiger partial charge in [-0.05, 0) is 43.2 Å². The van der Waals surface area contributed by atoms with Crippen LogP contribution in [0.1, 0.15) is 17.1 Å². The summed E-state index contributed by atoms with van der Waals surface area (Å²) in [7, 11) is 0. The molecule has 0 aliphatic rings. The van der Waals surface area contributed by atoms with Gasteiger partial charge in [0, 0.05) is 23.3 Å². The highest BCUT2D eigenvalue weighted by Crippen LogP contribution is 2.13. The molecule has 0 spiro atoms. The maximum Gasteiger partial charge on any atom is 0.179 e. The minimum Gasteiger partial charge on any atom is -0.278 e. The van der Waals surface area contributed by atoms with Gasteiger partial charge in [-0.3, -0.25) is 5.10 Å². The van der Waals surface area contributed by atoms with Crippen LogP contribution in [0, 0.1) is 18.8 Å². The summed E-state index contributed by atoms with van der Waals surface area (Å²) in [6.45, 7) is 1.83. The van der Waals surface area contributed by atoms with Gasteiger partial charge in [-0.25, -0.2) is 19.9 Å². The van der Waals surface area contributed by atoms with Crippen molar-refractivity contribution in [3.8, 4) is 23.4 Å². The molecule has 1 N–H and O–H groups in total. The van der Waals surface area contributed by atoms with E-state index in [2.05, 4.69) is 42.0 Å². The zero-order valence-corrected chi connectivity index (χ0v) is 12.9. The summed E-state index contributed by atoms with van der Waals surface area (Å²) in [4.78, 5) is 17.1. The highest BCUT2D eigenvalue weighted by Gasteiger charge is 2.04. The Morgan fingerprint density at radius 1 is 0.958 bits per heavy atom. The molecule has 0 aliphatic carbocycles. The zero-order chi connectivity index (χ0) is 16.4. The lowest BCUT2D eigenvalue weighted by Gasteiger charge is -2.00. The van der Waals surface area contributed by atoms with E-state index in [9.17, 15) is 0 Å². The molecule has 1 aromatic carbocycles. The smallest absolute Gasteiger partial charge is 0.179 e. The second-order valence-corrected chi connectivity index (χ2v) is 5.18. The lowest BCUT2D eigenvalue weighted by atomic mass is 10.1. The Labute approximate surface area is 138 Å². The third kappa shape index (κ3) is 2.83. The fourth-order valence-electron chi connectivity index (χ4n) is 2.29. The molecule has 0 aliphatic heterocycles. The second-order valence-electron chi connectivity index (χ2n) is 5.18. The van der Waals surface area contributed by atoms with Gasteiger partial charge in [-0.2, -0.15) is 5.10 Å². The summed E-state index contributed by atoms with van der Waals surface area (Å²) in [6.07, 6.45) is 5.16. The van der Waals surface area contributed by atoms with E-state index in [-0.39, 0.29) is 0 Å². The van der Waals surface area contributed by atoms with E-state index in [0.29, 0.717) is 23.0 Å². The number of nitrogens with zero attached hydrogens (tertiary/aromatic N) is 5. The van der Waals surface area contributed by atoms with Crippen molar-refractivity contribution in [3.63, 3.8) is 0 Å². The first-order valence-electron chi connectivity index (χ1n) is 7.36. The van der Waals surface area contributed by atoms with Crippen LogP contribution in [0.3, 0.4) is 0 Å². The summed E-state index contributed by atoms with van der Waals surface area (Å²) in [5.74, 6) is 7.41. The van der Waals surface area contributed by atoms with Crippen LogP contribution in [-0.4, -0.2) is 30.1 Å². The summed E-state index contributed by atoms with van der Waals surface area (Å²) >= 11 is 0. The van der Waals surface area contributed by atoms with Crippen molar-refractivity contribution in [1.82, 2.24) is 30.1 Å². The molecule has 0 amide bonds. The molecule has 0 saturated heterocycles. The number of rotatable bonds is 1. The van der Waals surface area contributed by atoms with Crippen LogP contribution in [0.15, 0.2) is 48.9 Å². The Hall–Kier alpha value is -3.59. The van der Waals surface area contributed by atoms with Gasteiger partial charge in [0.25, 0.3) is 0 Å². The number of fused-ring (bicyclic) bond motifs is 1. The Balaban J connectivity index is 1.67. The molecule has 0 atom stereocenters. The van der Waals surface area contributed by atoms with Crippen molar-refractivity contribution in [3.05, 3.63) is 66.0 Å². The number of hydrogen-bond acceptors (Lipinski definition) is 5. The standard InChI is InChI=1S/C18H12N6/c1-12-19-9-7-17(22-12)18-20-8-6-15(23-18)4-2-13-3-5-16-14(10-13)11-21-24-16/h3,5-11H,1H3,(H,21,24). The number of benzene rings is 1. The summed E-state index contributed by atoms with van der Waals surface area (Å²) < 4.78 is 0. The molecule has 4 rings (SSSR count). The average molecular weight is 312 g/mol. The lowest BCUT2D eigenvalue weighted by molar-refractivity contribution is 1.03. The Morgan fingerprint density at radius 3 is 2.79 bits per heavy atom. The van der Waals surface area contributed by atoms with E-state index in [1.165, 1.54) is 0 Å². The molecule has 114 valence electrons. The number of aromatic nitrogens is 6. The first-order chi connectivity index (χ1) is 11.8. The van der Waals surface area contributed by atoms with E-state index in [4.69, 9.17) is 0 Å². The molecule has 4 aromatic rings. The maximum atomic E-state index is 4.46. The molecule has 0 unspecified atom stereocenters. The van der Waals surface area contributed by atoms with Crippen molar-refractivity contribution in [2.75, 3.05) is 0 Å². The van der Waals surface area contributed by atoms with E-state index >= 15 is 0 Å². The summed E-state index contributed by atoms with van der Waals surface area (Å²) in [6, 6.07) is 9.46. The van der Waals surface area contributed by atoms with Crippen LogP contribution >= 0.6 is 0 Å². The lowest BCUT2D eigenvalue weighted by Crippen LogP contribution is -1.96. The van der Waals surface area contributed by atoms with Crippen LogP contribution in [-0.2, 0) is 0 Å². The van der Waals surface area contributed by atoms with Crippen molar-refractivity contribution < 1.29 is 0 Å². The minimum absolute atomic E-state index is 0.539. The number of nitrogens with one attached hydrogen (secondary N) is 1. The van der Waals surface area contributed by atoms with Gasteiger partial charge in [0.05, 0.1) is 11.7 Å². The molecule has 0 fully saturated rings. The molecule has 3 aromatic heterocycles. The van der Waals surface area contributed by atoms with Crippen molar-refractivity contribution in [2.24, 2.45) is 0 Å². The van der Waals surface area contributed by atoms with Crippen molar-refractivity contribution in [2.45, 2.75) is 6.92 Å². The van der Waals surface area contributed by atoms with Crippen LogP contribution in [0.5, 0.6) is 0 Å². The van der Waals surface area contributed by atoms with Crippen molar-refractivity contribution >= 4 is 10.9 Å². The van der Waals surface area contributed by atoms with Gasteiger partial charge >= 0.3 is 0 Å². The Kier molecular flexibility index (Phi) is 3.45. The number of H-pyrrole nitrogens is 1. The van der Waals surface area contributed by atoms with Crippen LogP contribution in [0.4, 0.5) is 0 Å². The van der Waals surface area contributed by atoms with Gasteiger partial charge in [0.15, 0.2) is 5.82 Å².